The average molecular weight is 265 g/mol. The summed E-state index contributed by atoms with van der Waals surface area (Å²) in [6, 6.07) is 7.82. The summed E-state index contributed by atoms with van der Waals surface area (Å²) in [5.41, 5.74) is 11.5. The summed E-state index contributed by atoms with van der Waals surface area (Å²) in [5.74, 6) is 0.116. The Morgan fingerprint density at radius 3 is 2.46 bits per heavy atom. The van der Waals surface area contributed by atoms with Crippen molar-refractivity contribution < 1.29 is 0 Å². The molecule has 0 aliphatic rings. The minimum absolute atomic E-state index is 0. The van der Waals surface area contributed by atoms with Gasteiger partial charge in [-0.3, -0.25) is 0 Å². The number of hydrogen-bond donors (Lipinski definition) is 2. The summed E-state index contributed by atoms with van der Waals surface area (Å²) in [7, 11) is 0. The lowest BCUT2D eigenvalue weighted by Crippen LogP contribution is -2.22. The van der Waals surface area contributed by atoms with Crippen LogP contribution in [0.5, 0.6) is 0 Å². The smallest absolute Gasteiger partial charge is 0.186 e. The van der Waals surface area contributed by atoms with Crippen molar-refractivity contribution in [1.29, 1.82) is 0 Å². The van der Waals surface area contributed by atoms with E-state index in [1.54, 1.807) is 0 Å². The number of rotatable bonds is 2. The molecule has 0 fully saturated rings. The van der Waals surface area contributed by atoms with Crippen molar-refractivity contribution >= 4 is 34.3 Å². The lowest BCUT2D eigenvalue weighted by Gasteiger charge is -1.99. The first kappa shape index (κ1) is 12.3. The molecule has 0 spiro atoms. The third-order valence-corrected chi connectivity index (χ3v) is 2.16. The van der Waals surface area contributed by atoms with Crippen LogP contribution in [0.15, 0.2) is 33.7 Å². The Bertz CT molecular complexity index is 297. The lowest BCUT2D eigenvalue weighted by atomic mass is 10.2. The molecule has 0 saturated heterocycles. The lowest BCUT2D eigenvalue weighted by molar-refractivity contribution is 1.05. The molecule has 0 bridgehead atoms. The average Bonchev–Trinajstić information content (AvgIpc) is 2.03. The molecule has 1 rings (SSSR count). The first-order valence-electron chi connectivity index (χ1n) is 3.49. The van der Waals surface area contributed by atoms with Gasteiger partial charge in [-0.25, -0.2) is 4.99 Å². The summed E-state index contributed by atoms with van der Waals surface area (Å²) < 4.78 is 1.02. The maximum absolute atomic E-state index is 5.20. The van der Waals surface area contributed by atoms with Crippen molar-refractivity contribution in [2.45, 2.75) is 6.54 Å². The maximum atomic E-state index is 5.20. The number of guanidine groups is 1. The molecular weight excluding hydrogens is 253 g/mol. The highest BCUT2D eigenvalue weighted by molar-refractivity contribution is 9.10. The van der Waals surface area contributed by atoms with Gasteiger partial charge < -0.3 is 11.5 Å². The Kier molecular flexibility index (Phi) is 5.50. The van der Waals surface area contributed by atoms with Crippen LogP contribution in [0.2, 0.25) is 0 Å². The van der Waals surface area contributed by atoms with Gasteiger partial charge in [-0.1, -0.05) is 34.1 Å². The van der Waals surface area contributed by atoms with Gasteiger partial charge in [0.2, 0.25) is 0 Å². The Morgan fingerprint density at radius 1 is 1.31 bits per heavy atom. The summed E-state index contributed by atoms with van der Waals surface area (Å²) in [6.45, 7) is 0.518. The molecular formula is C8H11BrClN3. The Hall–Kier alpha value is -0.740. The van der Waals surface area contributed by atoms with Gasteiger partial charge in [-0.15, -0.1) is 12.4 Å². The molecule has 0 aliphatic carbocycles. The quantitative estimate of drug-likeness (QED) is 0.630. The SMILES string of the molecule is Cl.NC(N)=NCc1ccccc1Br. The van der Waals surface area contributed by atoms with Crippen molar-refractivity contribution in [1.82, 2.24) is 0 Å². The van der Waals surface area contributed by atoms with Gasteiger partial charge in [0.05, 0.1) is 6.54 Å². The molecule has 72 valence electrons. The molecule has 1 aromatic carbocycles. The summed E-state index contributed by atoms with van der Waals surface area (Å²) in [4.78, 5) is 3.90. The van der Waals surface area contributed by atoms with Gasteiger partial charge in [0.15, 0.2) is 5.96 Å². The molecule has 13 heavy (non-hydrogen) atoms. The van der Waals surface area contributed by atoms with Crippen LogP contribution in [0.1, 0.15) is 5.56 Å². The van der Waals surface area contributed by atoms with Crippen LogP contribution in [0.4, 0.5) is 0 Å². The summed E-state index contributed by atoms with van der Waals surface area (Å²) >= 11 is 3.40. The monoisotopic (exact) mass is 263 g/mol. The predicted molar refractivity (Wildman–Crippen MR) is 60.9 cm³/mol. The van der Waals surface area contributed by atoms with E-state index in [-0.39, 0.29) is 18.4 Å². The van der Waals surface area contributed by atoms with Crippen LogP contribution in [-0.2, 0) is 6.54 Å². The number of halogens is 2. The number of hydrogen-bond acceptors (Lipinski definition) is 1. The van der Waals surface area contributed by atoms with Crippen LogP contribution in [0, 0.1) is 0 Å². The van der Waals surface area contributed by atoms with E-state index in [1.807, 2.05) is 24.3 Å². The van der Waals surface area contributed by atoms with Crippen molar-refractivity contribution in [3.63, 3.8) is 0 Å². The Balaban J connectivity index is 0.00000144. The zero-order chi connectivity index (χ0) is 8.97. The standard InChI is InChI=1S/C8H10BrN3.ClH/c9-7-4-2-1-3-6(7)5-12-8(10)11;/h1-4H,5H2,(H4,10,11,12);1H. The fourth-order valence-corrected chi connectivity index (χ4v) is 1.21. The second kappa shape index (κ2) is 5.83. The van der Waals surface area contributed by atoms with Crippen LogP contribution in [-0.4, -0.2) is 5.96 Å². The molecule has 0 heterocycles. The van der Waals surface area contributed by atoms with Gasteiger partial charge in [0, 0.05) is 4.47 Å². The fourth-order valence-electron chi connectivity index (χ4n) is 0.803. The zero-order valence-corrected chi connectivity index (χ0v) is 9.31. The minimum atomic E-state index is 0. The van der Waals surface area contributed by atoms with Crippen molar-refractivity contribution in [2.75, 3.05) is 0 Å². The molecule has 0 atom stereocenters. The first-order valence-corrected chi connectivity index (χ1v) is 4.28. The van der Waals surface area contributed by atoms with Crippen LogP contribution >= 0.6 is 28.3 Å². The number of benzene rings is 1. The fraction of sp³-hybridized carbons (Fsp3) is 0.125. The number of nitrogens with two attached hydrogens (primary N) is 2. The Labute approximate surface area is 91.8 Å². The second-order valence-corrected chi connectivity index (χ2v) is 3.19. The molecule has 0 aliphatic heterocycles. The maximum Gasteiger partial charge on any atom is 0.186 e. The van der Waals surface area contributed by atoms with E-state index < -0.39 is 0 Å². The van der Waals surface area contributed by atoms with Crippen LogP contribution < -0.4 is 11.5 Å². The van der Waals surface area contributed by atoms with Crippen molar-refractivity contribution in [2.24, 2.45) is 16.5 Å². The van der Waals surface area contributed by atoms with Gasteiger partial charge in [0.25, 0.3) is 0 Å². The molecule has 0 radical (unpaired) electrons. The highest BCUT2D eigenvalue weighted by atomic mass is 79.9. The van der Waals surface area contributed by atoms with E-state index in [9.17, 15) is 0 Å². The molecule has 0 aromatic heterocycles. The molecule has 3 nitrogen and oxygen atoms in total. The van der Waals surface area contributed by atoms with E-state index in [0.717, 1.165) is 10.0 Å². The topological polar surface area (TPSA) is 64.4 Å². The molecule has 0 saturated carbocycles. The van der Waals surface area contributed by atoms with E-state index in [1.165, 1.54) is 0 Å². The molecule has 0 amide bonds. The van der Waals surface area contributed by atoms with E-state index in [4.69, 9.17) is 11.5 Å². The molecule has 5 heteroatoms. The van der Waals surface area contributed by atoms with Gasteiger partial charge in [-0.2, -0.15) is 0 Å². The summed E-state index contributed by atoms with van der Waals surface area (Å²) in [5, 5.41) is 0. The van der Waals surface area contributed by atoms with E-state index in [0.29, 0.717) is 6.54 Å². The van der Waals surface area contributed by atoms with Gasteiger partial charge >= 0.3 is 0 Å². The highest BCUT2D eigenvalue weighted by Crippen LogP contribution is 2.16. The third kappa shape index (κ3) is 4.15. The highest BCUT2D eigenvalue weighted by Gasteiger charge is 1.95. The van der Waals surface area contributed by atoms with Crippen molar-refractivity contribution in [3.05, 3.63) is 34.3 Å². The van der Waals surface area contributed by atoms with E-state index in [2.05, 4.69) is 20.9 Å². The van der Waals surface area contributed by atoms with Crippen molar-refractivity contribution in [3.8, 4) is 0 Å². The summed E-state index contributed by atoms with van der Waals surface area (Å²) in [6.07, 6.45) is 0. The first-order chi connectivity index (χ1) is 5.70. The van der Waals surface area contributed by atoms with Crippen LogP contribution in [0.25, 0.3) is 0 Å². The number of aliphatic imine (C=N–C) groups is 1. The zero-order valence-electron chi connectivity index (χ0n) is 6.90. The Morgan fingerprint density at radius 2 is 1.92 bits per heavy atom. The number of nitrogens with zero attached hydrogens (tertiary/aromatic N) is 1. The largest absolute Gasteiger partial charge is 0.370 e. The predicted octanol–water partition coefficient (Wildman–Crippen LogP) is 1.64. The normalized spacial score (nSPS) is 8.69. The van der Waals surface area contributed by atoms with Gasteiger partial charge in [-0.05, 0) is 11.6 Å². The third-order valence-electron chi connectivity index (χ3n) is 1.39. The van der Waals surface area contributed by atoms with Crippen LogP contribution in [0.3, 0.4) is 0 Å². The minimum Gasteiger partial charge on any atom is -0.370 e. The molecule has 4 N–H and O–H groups in total. The molecule has 0 unspecified atom stereocenters. The van der Waals surface area contributed by atoms with Gasteiger partial charge in [0.1, 0.15) is 0 Å². The second-order valence-electron chi connectivity index (χ2n) is 2.33. The molecule has 1 aromatic rings. The van der Waals surface area contributed by atoms with E-state index >= 15 is 0 Å².